The Morgan fingerprint density at radius 1 is 0.476 bits per heavy atom. The number of unbranched alkanes of at least 4 members (excludes halogenated alkanes) is 23. The van der Waals surface area contributed by atoms with Crippen LogP contribution in [0, 0.1) is 0 Å². The first kappa shape index (κ1) is 60.7. The molecule has 0 saturated carbocycles. The van der Waals surface area contributed by atoms with Gasteiger partial charge in [-0.3, -0.25) is 18.6 Å². The molecule has 1 unspecified atom stereocenters. The summed E-state index contributed by atoms with van der Waals surface area (Å²) in [6.07, 6.45) is 55.0. The maximum atomic E-state index is 12.6. The first-order valence-corrected chi connectivity index (χ1v) is 26.7. The van der Waals surface area contributed by atoms with E-state index in [-0.39, 0.29) is 19.4 Å². The molecule has 0 radical (unpaired) electrons. The Balaban J connectivity index is 4.31. The van der Waals surface area contributed by atoms with Gasteiger partial charge in [-0.2, -0.15) is 0 Å². The third-order valence-electron chi connectivity index (χ3n) is 10.6. The Morgan fingerprint density at radius 2 is 0.841 bits per heavy atom. The minimum Gasteiger partial charge on any atom is -0.462 e. The van der Waals surface area contributed by atoms with E-state index in [0.29, 0.717) is 25.7 Å². The first-order chi connectivity index (χ1) is 30.7. The molecule has 63 heavy (non-hydrogen) atoms. The van der Waals surface area contributed by atoms with Crippen molar-refractivity contribution in [2.24, 2.45) is 0 Å². The van der Waals surface area contributed by atoms with Crippen LogP contribution in [0.4, 0.5) is 0 Å². The van der Waals surface area contributed by atoms with Crippen LogP contribution in [-0.4, -0.2) is 65.7 Å². The molecule has 11 heteroatoms. The highest BCUT2D eigenvalue weighted by Crippen LogP contribution is 2.43. The lowest BCUT2D eigenvalue weighted by molar-refractivity contribution is -0.161. The van der Waals surface area contributed by atoms with E-state index in [0.717, 1.165) is 38.5 Å². The van der Waals surface area contributed by atoms with E-state index in [1.54, 1.807) is 0 Å². The summed E-state index contributed by atoms with van der Waals surface area (Å²) in [6, 6.07) is 0. The molecule has 0 aromatic rings. The van der Waals surface area contributed by atoms with E-state index in [2.05, 4.69) is 68.5 Å². The summed E-state index contributed by atoms with van der Waals surface area (Å²) in [5.74, 6) is -1.03. The van der Waals surface area contributed by atoms with Crippen molar-refractivity contribution >= 4 is 19.8 Å². The summed E-state index contributed by atoms with van der Waals surface area (Å²) in [6.45, 7) is 2.30. The Labute approximate surface area is 385 Å². The molecule has 0 aliphatic carbocycles. The van der Waals surface area contributed by atoms with Crippen LogP contribution < -0.4 is 0 Å². The quantitative estimate of drug-likeness (QED) is 0.0233. The molecule has 0 aliphatic heterocycles. The van der Waals surface area contributed by atoms with Crippen molar-refractivity contribution in [3.63, 3.8) is 0 Å². The SMILES string of the molecule is CCCCCCCC/C=C/C/C=C/C/C=C/CCCC(=O)OC[C@H](COP(=O)(O)OC[C@@H](O)CO)OC(=O)CCC/C=C/CC/C=C/CCCCCCCCCCCCCCCC. The zero-order valence-corrected chi connectivity index (χ0v) is 40.9. The normalized spacial score (nSPS) is 14.2. The second kappa shape index (κ2) is 47.6. The average Bonchev–Trinajstić information content (AvgIpc) is 3.27. The summed E-state index contributed by atoms with van der Waals surface area (Å²) in [4.78, 5) is 35.1. The highest BCUT2D eigenvalue weighted by molar-refractivity contribution is 7.47. The van der Waals surface area contributed by atoms with Crippen molar-refractivity contribution in [2.45, 2.75) is 232 Å². The number of allylic oxidation sites excluding steroid dienone is 10. The number of esters is 2. The number of hydrogen-bond acceptors (Lipinski definition) is 9. The van der Waals surface area contributed by atoms with Gasteiger partial charge in [-0.15, -0.1) is 0 Å². The molecule has 0 aliphatic rings. The number of aliphatic hydroxyl groups excluding tert-OH is 2. The standard InChI is InChI=1S/C52H93O10P/c1-3-5-7-9-11-13-15-17-19-21-22-23-24-25-26-28-30-32-34-36-38-40-42-44-52(56)62-50(48-61-63(57,58)60-46-49(54)45-53)47-59-51(55)43-41-39-37-35-33-31-29-27-20-18-16-14-12-10-8-6-4-2/h18,20,28-31,35-38,49-50,53-54H,3-17,19,21-27,32-34,39-48H2,1-2H3,(H,57,58)/b20-18+,30-28+,31-29+,37-35+,38-36+/t49-,50+/m0/s1. The van der Waals surface area contributed by atoms with Crippen LogP contribution in [-0.2, 0) is 32.7 Å². The predicted molar refractivity (Wildman–Crippen MR) is 260 cm³/mol. The lowest BCUT2D eigenvalue weighted by Gasteiger charge is -2.20. The van der Waals surface area contributed by atoms with Gasteiger partial charge in [-0.1, -0.05) is 190 Å². The summed E-state index contributed by atoms with van der Waals surface area (Å²) in [5.41, 5.74) is 0. The number of aliphatic hydroxyl groups is 2. The number of carbonyl (C=O) groups is 2. The van der Waals surface area contributed by atoms with Crippen LogP contribution in [0.5, 0.6) is 0 Å². The van der Waals surface area contributed by atoms with E-state index < -0.39 is 51.8 Å². The van der Waals surface area contributed by atoms with Crippen LogP contribution in [0.25, 0.3) is 0 Å². The smallest absolute Gasteiger partial charge is 0.462 e. The molecule has 0 bridgehead atoms. The molecule has 3 N–H and O–H groups in total. The Morgan fingerprint density at radius 3 is 1.30 bits per heavy atom. The number of phosphoric ester groups is 1. The molecular weight excluding hydrogens is 816 g/mol. The molecular formula is C52H93O10P. The van der Waals surface area contributed by atoms with Crippen LogP contribution in [0.1, 0.15) is 219 Å². The van der Waals surface area contributed by atoms with Gasteiger partial charge in [0.05, 0.1) is 19.8 Å². The molecule has 366 valence electrons. The van der Waals surface area contributed by atoms with Gasteiger partial charge in [0.15, 0.2) is 6.10 Å². The highest BCUT2D eigenvalue weighted by Gasteiger charge is 2.27. The third-order valence-corrected chi connectivity index (χ3v) is 11.6. The molecule has 0 heterocycles. The summed E-state index contributed by atoms with van der Waals surface area (Å²) in [5, 5.41) is 18.4. The maximum absolute atomic E-state index is 12.6. The largest absolute Gasteiger partial charge is 0.472 e. The molecule has 0 amide bonds. The lowest BCUT2D eigenvalue weighted by atomic mass is 10.0. The number of hydrogen-bond donors (Lipinski definition) is 3. The van der Waals surface area contributed by atoms with Gasteiger partial charge in [-0.05, 0) is 77.0 Å². The van der Waals surface area contributed by atoms with Gasteiger partial charge in [0.2, 0.25) is 0 Å². The van der Waals surface area contributed by atoms with Gasteiger partial charge in [-0.25, -0.2) is 4.57 Å². The third kappa shape index (κ3) is 47.5. The fraction of sp³-hybridized carbons (Fsp3) is 0.769. The van der Waals surface area contributed by atoms with E-state index in [4.69, 9.17) is 23.6 Å². The summed E-state index contributed by atoms with van der Waals surface area (Å²) < 4.78 is 32.7. The molecule has 0 aromatic heterocycles. The zero-order chi connectivity index (χ0) is 46.2. The Hall–Kier alpha value is -2.33. The molecule has 0 fully saturated rings. The van der Waals surface area contributed by atoms with Crippen LogP contribution in [0.15, 0.2) is 60.8 Å². The van der Waals surface area contributed by atoms with E-state index in [1.165, 1.54) is 128 Å². The van der Waals surface area contributed by atoms with Crippen molar-refractivity contribution in [3.05, 3.63) is 60.8 Å². The minimum absolute atomic E-state index is 0.112. The molecule has 0 spiro atoms. The lowest BCUT2D eigenvalue weighted by Crippen LogP contribution is -2.29. The Kier molecular flexibility index (Phi) is 45.9. The van der Waals surface area contributed by atoms with Crippen molar-refractivity contribution in [2.75, 3.05) is 26.4 Å². The van der Waals surface area contributed by atoms with Gasteiger partial charge >= 0.3 is 19.8 Å². The van der Waals surface area contributed by atoms with Gasteiger partial charge in [0, 0.05) is 12.8 Å². The van der Waals surface area contributed by atoms with Crippen LogP contribution in [0.2, 0.25) is 0 Å². The topological polar surface area (TPSA) is 149 Å². The number of phosphoric acid groups is 1. The van der Waals surface area contributed by atoms with Gasteiger partial charge < -0.3 is 24.6 Å². The van der Waals surface area contributed by atoms with Crippen molar-refractivity contribution in [1.82, 2.24) is 0 Å². The number of carbonyl (C=O) groups excluding carboxylic acids is 2. The van der Waals surface area contributed by atoms with Crippen LogP contribution >= 0.6 is 7.82 Å². The van der Waals surface area contributed by atoms with Gasteiger partial charge in [0.1, 0.15) is 12.7 Å². The van der Waals surface area contributed by atoms with Crippen molar-refractivity contribution < 1.29 is 47.8 Å². The molecule has 10 nitrogen and oxygen atoms in total. The van der Waals surface area contributed by atoms with Gasteiger partial charge in [0.25, 0.3) is 0 Å². The van der Waals surface area contributed by atoms with E-state index >= 15 is 0 Å². The zero-order valence-electron chi connectivity index (χ0n) is 40.0. The second-order valence-electron chi connectivity index (χ2n) is 16.8. The highest BCUT2D eigenvalue weighted by atomic mass is 31.2. The van der Waals surface area contributed by atoms with Crippen molar-refractivity contribution in [3.8, 4) is 0 Å². The molecule has 0 aromatic carbocycles. The minimum atomic E-state index is -4.65. The summed E-state index contributed by atoms with van der Waals surface area (Å²) in [7, 11) is -4.65. The van der Waals surface area contributed by atoms with E-state index in [1.807, 2.05) is 6.08 Å². The maximum Gasteiger partial charge on any atom is 0.472 e. The Bertz CT molecular complexity index is 1230. The fourth-order valence-corrected chi connectivity index (χ4v) is 7.53. The average molecular weight is 909 g/mol. The van der Waals surface area contributed by atoms with E-state index in [9.17, 15) is 24.2 Å². The molecule has 0 saturated heterocycles. The predicted octanol–water partition coefficient (Wildman–Crippen LogP) is 14.2. The monoisotopic (exact) mass is 909 g/mol. The molecule has 0 rings (SSSR count). The van der Waals surface area contributed by atoms with Crippen molar-refractivity contribution in [1.29, 1.82) is 0 Å². The number of ether oxygens (including phenoxy) is 2. The number of rotatable bonds is 47. The second-order valence-corrected chi connectivity index (χ2v) is 18.3. The van der Waals surface area contributed by atoms with Crippen LogP contribution in [0.3, 0.4) is 0 Å². The first-order valence-electron chi connectivity index (χ1n) is 25.2. The summed E-state index contributed by atoms with van der Waals surface area (Å²) >= 11 is 0. The fourth-order valence-electron chi connectivity index (χ4n) is 6.74. The molecule has 3 atom stereocenters.